The van der Waals surface area contributed by atoms with Crippen molar-refractivity contribution >= 4 is 11.7 Å². The normalized spacial score (nSPS) is 20.9. The maximum Gasteiger partial charge on any atom is 0.311 e. The van der Waals surface area contributed by atoms with E-state index < -0.39 is 0 Å². The van der Waals surface area contributed by atoms with Gasteiger partial charge in [-0.2, -0.15) is 0 Å². The first-order chi connectivity index (χ1) is 10.3. The van der Waals surface area contributed by atoms with E-state index in [1.165, 1.54) is 7.11 Å². The second-order valence-corrected chi connectivity index (χ2v) is 5.13. The highest BCUT2D eigenvalue weighted by Gasteiger charge is 2.36. The van der Waals surface area contributed by atoms with Crippen LogP contribution in [0.5, 0.6) is 0 Å². The minimum atomic E-state index is -0.243. The molecule has 3 rings (SSSR count). The van der Waals surface area contributed by atoms with Gasteiger partial charge in [0.1, 0.15) is 0 Å². The molecule has 1 aliphatic rings. The lowest BCUT2D eigenvalue weighted by molar-refractivity contribution is -0.145. The molecule has 0 bridgehead atoms. The third-order valence-corrected chi connectivity index (χ3v) is 3.84. The van der Waals surface area contributed by atoms with Gasteiger partial charge in [-0.05, 0) is 11.1 Å². The molecule has 0 aliphatic carbocycles. The Morgan fingerprint density at radius 3 is 2.29 bits per heavy atom. The first-order valence-electron chi connectivity index (χ1n) is 7.04. The molecule has 2 aromatic carbocycles. The summed E-state index contributed by atoms with van der Waals surface area (Å²) in [5.41, 5.74) is 3.10. The van der Waals surface area contributed by atoms with Gasteiger partial charge in [0.05, 0.1) is 19.1 Å². The van der Waals surface area contributed by atoms with Crippen molar-refractivity contribution in [2.45, 2.75) is 12.5 Å². The fraction of sp³-hybridized carbons (Fsp3) is 0.222. The van der Waals surface area contributed by atoms with Gasteiger partial charge in [0.2, 0.25) is 0 Å². The fourth-order valence-electron chi connectivity index (χ4n) is 2.77. The van der Waals surface area contributed by atoms with E-state index >= 15 is 0 Å². The Hall–Kier alpha value is -2.42. The van der Waals surface area contributed by atoms with E-state index in [0.717, 1.165) is 16.8 Å². The molecular formula is C18H17NO2. The highest BCUT2D eigenvalue weighted by molar-refractivity contribution is 6.04. The van der Waals surface area contributed by atoms with E-state index in [1.54, 1.807) is 0 Å². The number of hydrogen-bond acceptors (Lipinski definition) is 3. The lowest BCUT2D eigenvalue weighted by Gasteiger charge is -2.15. The van der Waals surface area contributed by atoms with Gasteiger partial charge in [0.25, 0.3) is 0 Å². The molecule has 0 spiro atoms. The minimum Gasteiger partial charge on any atom is -0.469 e. The number of ether oxygens (including phenoxy) is 1. The number of hydrogen-bond donors (Lipinski definition) is 0. The lowest BCUT2D eigenvalue weighted by atomic mass is 9.92. The van der Waals surface area contributed by atoms with Crippen LogP contribution in [-0.4, -0.2) is 18.8 Å². The smallest absolute Gasteiger partial charge is 0.311 e. The van der Waals surface area contributed by atoms with Crippen molar-refractivity contribution in [3.63, 3.8) is 0 Å². The highest BCUT2D eigenvalue weighted by Crippen LogP contribution is 2.37. The Morgan fingerprint density at radius 1 is 1.05 bits per heavy atom. The molecule has 0 saturated heterocycles. The molecule has 0 radical (unpaired) electrons. The van der Waals surface area contributed by atoms with Crippen molar-refractivity contribution in [3.05, 3.63) is 71.8 Å². The number of aliphatic imine (C=N–C) groups is 1. The van der Waals surface area contributed by atoms with Gasteiger partial charge < -0.3 is 4.74 Å². The number of carbonyl (C=O) groups excluding carboxylic acids is 1. The molecule has 0 fully saturated rings. The molecule has 1 aliphatic heterocycles. The Labute approximate surface area is 124 Å². The molecule has 0 aromatic heterocycles. The van der Waals surface area contributed by atoms with Crippen LogP contribution in [0.1, 0.15) is 23.6 Å². The van der Waals surface area contributed by atoms with Crippen LogP contribution in [0, 0.1) is 5.92 Å². The molecule has 3 heteroatoms. The van der Waals surface area contributed by atoms with Crippen molar-refractivity contribution in [2.75, 3.05) is 7.11 Å². The van der Waals surface area contributed by atoms with E-state index in [9.17, 15) is 4.79 Å². The van der Waals surface area contributed by atoms with Crippen molar-refractivity contribution in [1.82, 2.24) is 0 Å². The molecule has 1 heterocycles. The number of benzene rings is 2. The van der Waals surface area contributed by atoms with Crippen LogP contribution in [0.2, 0.25) is 0 Å². The summed E-state index contributed by atoms with van der Waals surface area (Å²) in [6, 6.07) is 19.8. The van der Waals surface area contributed by atoms with Crippen LogP contribution < -0.4 is 0 Å². The zero-order valence-electron chi connectivity index (χ0n) is 11.9. The molecule has 0 N–H and O–H groups in total. The van der Waals surface area contributed by atoms with Crippen LogP contribution in [-0.2, 0) is 9.53 Å². The molecule has 0 saturated carbocycles. The third kappa shape index (κ3) is 2.72. The van der Waals surface area contributed by atoms with Gasteiger partial charge in [-0.3, -0.25) is 9.79 Å². The average Bonchev–Trinajstić information content (AvgIpc) is 3.01. The summed E-state index contributed by atoms with van der Waals surface area (Å²) < 4.78 is 4.96. The summed E-state index contributed by atoms with van der Waals surface area (Å²) in [7, 11) is 1.44. The van der Waals surface area contributed by atoms with Gasteiger partial charge in [-0.15, -0.1) is 0 Å². The summed E-state index contributed by atoms with van der Waals surface area (Å²) in [6.45, 7) is 0. The number of methoxy groups -OCH3 is 1. The molecule has 3 nitrogen and oxygen atoms in total. The van der Waals surface area contributed by atoms with Crippen LogP contribution >= 0.6 is 0 Å². The molecule has 106 valence electrons. The summed E-state index contributed by atoms with van der Waals surface area (Å²) in [5.74, 6) is -0.439. The Morgan fingerprint density at radius 2 is 1.67 bits per heavy atom. The Bertz CT molecular complexity index is 649. The molecule has 2 aromatic rings. The first kappa shape index (κ1) is 13.6. The van der Waals surface area contributed by atoms with E-state index in [0.29, 0.717) is 6.42 Å². The molecule has 2 atom stereocenters. The van der Waals surface area contributed by atoms with Gasteiger partial charge in [-0.1, -0.05) is 60.7 Å². The van der Waals surface area contributed by atoms with Crippen LogP contribution in [0.4, 0.5) is 0 Å². The highest BCUT2D eigenvalue weighted by atomic mass is 16.5. The average molecular weight is 279 g/mol. The summed E-state index contributed by atoms with van der Waals surface area (Å²) >= 11 is 0. The molecule has 21 heavy (non-hydrogen) atoms. The SMILES string of the molecule is COC(=O)[C@H]1CC(c2ccccc2)=N[C@H]1c1ccccc1. The topological polar surface area (TPSA) is 38.7 Å². The fourth-order valence-corrected chi connectivity index (χ4v) is 2.77. The van der Waals surface area contributed by atoms with Crippen LogP contribution in [0.25, 0.3) is 0 Å². The number of carbonyl (C=O) groups is 1. The largest absolute Gasteiger partial charge is 0.469 e. The maximum atomic E-state index is 12.1. The summed E-state index contributed by atoms with van der Waals surface area (Å²) in [4.78, 5) is 16.9. The van der Waals surface area contributed by atoms with Crippen molar-refractivity contribution in [3.8, 4) is 0 Å². The quantitative estimate of drug-likeness (QED) is 0.808. The van der Waals surface area contributed by atoms with E-state index in [-0.39, 0.29) is 17.9 Å². The number of rotatable bonds is 3. The predicted molar refractivity (Wildman–Crippen MR) is 82.3 cm³/mol. The third-order valence-electron chi connectivity index (χ3n) is 3.84. The predicted octanol–water partition coefficient (Wildman–Crippen LogP) is 3.41. The second-order valence-electron chi connectivity index (χ2n) is 5.13. The maximum absolute atomic E-state index is 12.1. The summed E-state index contributed by atoms with van der Waals surface area (Å²) in [6.07, 6.45) is 0.621. The van der Waals surface area contributed by atoms with Crippen molar-refractivity contribution in [1.29, 1.82) is 0 Å². The molecule has 0 amide bonds. The molecule has 0 unspecified atom stereocenters. The van der Waals surface area contributed by atoms with E-state index in [4.69, 9.17) is 9.73 Å². The molecular weight excluding hydrogens is 262 g/mol. The Balaban J connectivity index is 1.97. The van der Waals surface area contributed by atoms with E-state index in [1.807, 2.05) is 60.7 Å². The minimum absolute atomic E-state index is 0.158. The van der Waals surface area contributed by atoms with Gasteiger partial charge in [0, 0.05) is 12.1 Å². The lowest BCUT2D eigenvalue weighted by Crippen LogP contribution is -2.20. The first-order valence-corrected chi connectivity index (χ1v) is 7.04. The zero-order chi connectivity index (χ0) is 14.7. The van der Waals surface area contributed by atoms with E-state index in [2.05, 4.69) is 0 Å². The Kier molecular flexibility index (Phi) is 3.82. The van der Waals surface area contributed by atoms with Crippen molar-refractivity contribution in [2.24, 2.45) is 10.9 Å². The van der Waals surface area contributed by atoms with Gasteiger partial charge >= 0.3 is 5.97 Å². The van der Waals surface area contributed by atoms with Crippen molar-refractivity contribution < 1.29 is 9.53 Å². The zero-order valence-corrected chi connectivity index (χ0v) is 11.9. The standard InChI is InChI=1S/C18H17NO2/c1-21-18(20)15-12-16(13-8-4-2-5-9-13)19-17(15)14-10-6-3-7-11-14/h2-11,15,17H,12H2,1H3/t15-,17-/m0/s1. The monoisotopic (exact) mass is 279 g/mol. The van der Waals surface area contributed by atoms with Gasteiger partial charge in [-0.25, -0.2) is 0 Å². The number of esters is 1. The second kappa shape index (κ2) is 5.92. The van der Waals surface area contributed by atoms with Crippen LogP contribution in [0.15, 0.2) is 65.7 Å². The summed E-state index contributed by atoms with van der Waals surface area (Å²) in [5, 5.41) is 0. The number of nitrogens with zero attached hydrogens (tertiary/aromatic N) is 1. The van der Waals surface area contributed by atoms with Gasteiger partial charge in [0.15, 0.2) is 0 Å². The van der Waals surface area contributed by atoms with Crippen LogP contribution in [0.3, 0.4) is 0 Å².